The van der Waals surface area contributed by atoms with Gasteiger partial charge >= 0.3 is 0 Å². The summed E-state index contributed by atoms with van der Waals surface area (Å²) in [5, 5.41) is 4.09. The van der Waals surface area contributed by atoms with Gasteiger partial charge in [-0.1, -0.05) is 18.2 Å². The number of benzene rings is 1. The maximum atomic E-state index is 11.8. The van der Waals surface area contributed by atoms with Crippen LogP contribution in [0.3, 0.4) is 0 Å². The van der Waals surface area contributed by atoms with Gasteiger partial charge in [0.1, 0.15) is 0 Å². The van der Waals surface area contributed by atoms with Gasteiger partial charge in [-0.3, -0.25) is 4.79 Å². The van der Waals surface area contributed by atoms with Crippen LogP contribution in [0.25, 0.3) is 0 Å². The van der Waals surface area contributed by atoms with E-state index in [4.69, 9.17) is 0 Å². The van der Waals surface area contributed by atoms with E-state index in [1.807, 2.05) is 37.3 Å². The maximum Gasteiger partial charge on any atom is 0.271 e. The summed E-state index contributed by atoms with van der Waals surface area (Å²) in [5.74, 6) is -0.203. The van der Waals surface area contributed by atoms with Crippen LogP contribution in [0.2, 0.25) is 0 Å². The number of carbonyl (C=O) groups is 1. The maximum absolute atomic E-state index is 11.8. The van der Waals surface area contributed by atoms with Gasteiger partial charge in [-0.15, -0.1) is 11.3 Å². The zero-order valence-corrected chi connectivity index (χ0v) is 12.1. The van der Waals surface area contributed by atoms with Crippen LogP contribution >= 0.6 is 27.3 Å². The predicted molar refractivity (Wildman–Crippen MR) is 78.1 cm³/mol. The van der Waals surface area contributed by atoms with Crippen molar-refractivity contribution in [3.8, 4) is 0 Å². The second-order valence-corrected chi connectivity index (χ2v) is 6.07. The van der Waals surface area contributed by atoms with Gasteiger partial charge in [0.2, 0.25) is 0 Å². The van der Waals surface area contributed by atoms with Gasteiger partial charge in [0.05, 0.1) is 14.4 Å². The Balaban J connectivity index is 2.05. The molecule has 5 heteroatoms. The fraction of sp³-hybridized carbons (Fsp3) is 0.0769. The van der Waals surface area contributed by atoms with Crippen molar-refractivity contribution in [2.75, 3.05) is 0 Å². The van der Waals surface area contributed by atoms with Crippen molar-refractivity contribution in [2.24, 2.45) is 5.10 Å². The molecule has 1 N–H and O–H groups in total. The smallest absolute Gasteiger partial charge is 0.267 e. The lowest BCUT2D eigenvalue weighted by Crippen LogP contribution is -2.18. The number of hydrazone groups is 1. The third-order valence-corrected chi connectivity index (χ3v) is 4.02. The van der Waals surface area contributed by atoms with Crippen LogP contribution in [-0.2, 0) is 0 Å². The highest BCUT2D eigenvalue weighted by atomic mass is 79.9. The molecule has 1 aromatic heterocycles. The van der Waals surface area contributed by atoms with E-state index in [0.29, 0.717) is 5.56 Å². The molecule has 0 radical (unpaired) electrons. The minimum absolute atomic E-state index is 0.203. The van der Waals surface area contributed by atoms with Gasteiger partial charge in [0, 0.05) is 5.56 Å². The molecule has 0 saturated carbocycles. The highest BCUT2D eigenvalue weighted by Gasteiger charge is 2.04. The van der Waals surface area contributed by atoms with E-state index in [0.717, 1.165) is 14.4 Å². The monoisotopic (exact) mass is 322 g/mol. The van der Waals surface area contributed by atoms with Crippen LogP contribution < -0.4 is 5.43 Å². The molecule has 1 amide bonds. The molecule has 2 aromatic rings. The molecule has 0 fully saturated rings. The first kappa shape index (κ1) is 13.0. The summed E-state index contributed by atoms with van der Waals surface area (Å²) < 4.78 is 1.04. The van der Waals surface area contributed by atoms with Crippen molar-refractivity contribution in [1.82, 2.24) is 5.43 Å². The summed E-state index contributed by atoms with van der Waals surface area (Å²) in [5.41, 5.74) is 3.93. The van der Waals surface area contributed by atoms with Gasteiger partial charge in [-0.2, -0.15) is 5.10 Å². The number of hydrogen-bond acceptors (Lipinski definition) is 3. The van der Waals surface area contributed by atoms with E-state index in [9.17, 15) is 4.79 Å². The Morgan fingerprint density at radius 2 is 1.94 bits per heavy atom. The largest absolute Gasteiger partial charge is 0.271 e. The van der Waals surface area contributed by atoms with E-state index >= 15 is 0 Å². The van der Waals surface area contributed by atoms with E-state index in [-0.39, 0.29) is 5.91 Å². The molecule has 0 bridgehead atoms. The summed E-state index contributed by atoms with van der Waals surface area (Å²) in [6.45, 7) is 1.86. The van der Waals surface area contributed by atoms with Crippen molar-refractivity contribution in [1.29, 1.82) is 0 Å². The topological polar surface area (TPSA) is 41.5 Å². The number of halogens is 1. The normalized spacial score (nSPS) is 11.3. The van der Waals surface area contributed by atoms with Crippen molar-refractivity contribution >= 4 is 38.9 Å². The molecular weight excluding hydrogens is 312 g/mol. The van der Waals surface area contributed by atoms with E-state index in [1.165, 1.54) is 0 Å². The molecule has 0 saturated heterocycles. The zero-order valence-electron chi connectivity index (χ0n) is 9.68. The molecule has 92 valence electrons. The fourth-order valence-corrected chi connectivity index (χ4v) is 2.68. The summed E-state index contributed by atoms with van der Waals surface area (Å²) in [7, 11) is 0. The third kappa shape index (κ3) is 3.27. The van der Waals surface area contributed by atoms with Crippen LogP contribution in [0.4, 0.5) is 0 Å². The van der Waals surface area contributed by atoms with Crippen molar-refractivity contribution in [3.05, 3.63) is 56.7 Å². The number of thiophene rings is 1. The highest BCUT2D eigenvalue weighted by molar-refractivity contribution is 9.11. The van der Waals surface area contributed by atoms with Crippen LogP contribution in [0.1, 0.15) is 22.2 Å². The predicted octanol–water partition coefficient (Wildman–Crippen LogP) is 3.66. The van der Waals surface area contributed by atoms with Crippen molar-refractivity contribution < 1.29 is 4.79 Å². The Kier molecular flexibility index (Phi) is 4.28. The van der Waals surface area contributed by atoms with E-state index in [2.05, 4.69) is 26.5 Å². The summed E-state index contributed by atoms with van der Waals surface area (Å²) in [4.78, 5) is 12.8. The molecule has 0 spiro atoms. The molecule has 1 heterocycles. The average molecular weight is 323 g/mol. The lowest BCUT2D eigenvalue weighted by Gasteiger charge is -2.00. The Morgan fingerprint density at radius 1 is 1.22 bits per heavy atom. The van der Waals surface area contributed by atoms with Crippen molar-refractivity contribution in [2.45, 2.75) is 6.92 Å². The van der Waals surface area contributed by atoms with Crippen molar-refractivity contribution in [3.63, 3.8) is 0 Å². The quantitative estimate of drug-likeness (QED) is 0.680. The molecule has 0 aliphatic heterocycles. The van der Waals surface area contributed by atoms with Gasteiger partial charge in [0.25, 0.3) is 5.91 Å². The van der Waals surface area contributed by atoms with E-state index in [1.54, 1.807) is 23.5 Å². The molecule has 0 aliphatic rings. The number of hydrogen-bond donors (Lipinski definition) is 1. The second kappa shape index (κ2) is 5.93. The first-order valence-electron chi connectivity index (χ1n) is 5.32. The van der Waals surface area contributed by atoms with Gasteiger partial charge in [0.15, 0.2) is 0 Å². The number of rotatable bonds is 3. The number of nitrogens with zero attached hydrogens (tertiary/aromatic N) is 1. The van der Waals surface area contributed by atoms with E-state index < -0.39 is 0 Å². The first-order valence-corrected chi connectivity index (χ1v) is 6.93. The summed E-state index contributed by atoms with van der Waals surface area (Å²) in [6, 6.07) is 12.9. The van der Waals surface area contributed by atoms with Gasteiger partial charge < -0.3 is 0 Å². The molecule has 0 aliphatic carbocycles. The Bertz CT molecular complexity index is 578. The molecule has 2 rings (SSSR count). The first-order chi connectivity index (χ1) is 8.66. The zero-order chi connectivity index (χ0) is 13.0. The Hall–Kier alpha value is -1.46. The SMILES string of the molecule is C/C(=N/NC(=O)c1ccccc1)c1ccc(Br)s1. The Morgan fingerprint density at radius 3 is 2.56 bits per heavy atom. The van der Waals surface area contributed by atoms with Crippen LogP contribution in [0.5, 0.6) is 0 Å². The fourth-order valence-electron chi connectivity index (χ4n) is 1.35. The van der Waals surface area contributed by atoms with Crippen LogP contribution in [-0.4, -0.2) is 11.6 Å². The average Bonchev–Trinajstić information content (AvgIpc) is 2.83. The molecule has 0 unspecified atom stereocenters. The molecular formula is C13H11BrN2OS. The summed E-state index contributed by atoms with van der Waals surface area (Å²) in [6.07, 6.45) is 0. The van der Waals surface area contributed by atoms with Gasteiger partial charge in [-0.05, 0) is 47.1 Å². The highest BCUT2D eigenvalue weighted by Crippen LogP contribution is 2.22. The number of nitrogens with one attached hydrogen (secondary N) is 1. The van der Waals surface area contributed by atoms with Gasteiger partial charge in [-0.25, -0.2) is 5.43 Å². The Labute approximate surface area is 118 Å². The second-order valence-electron chi connectivity index (χ2n) is 3.61. The molecule has 18 heavy (non-hydrogen) atoms. The number of amides is 1. The third-order valence-electron chi connectivity index (χ3n) is 2.29. The molecule has 1 aromatic carbocycles. The number of carbonyl (C=O) groups excluding carboxylic acids is 1. The lowest BCUT2D eigenvalue weighted by atomic mass is 10.2. The minimum atomic E-state index is -0.203. The lowest BCUT2D eigenvalue weighted by molar-refractivity contribution is 0.0955. The molecule has 3 nitrogen and oxygen atoms in total. The standard InChI is InChI=1S/C13H11BrN2OS/c1-9(11-7-8-12(14)18-11)15-16-13(17)10-5-3-2-4-6-10/h2-8H,1H3,(H,16,17)/b15-9-. The van der Waals surface area contributed by atoms with Crippen LogP contribution in [0, 0.1) is 0 Å². The minimum Gasteiger partial charge on any atom is -0.267 e. The summed E-state index contributed by atoms with van der Waals surface area (Å²) >= 11 is 4.97. The van der Waals surface area contributed by atoms with Crippen LogP contribution in [0.15, 0.2) is 51.4 Å². The molecule has 0 atom stereocenters.